The number of benzene rings is 2. The third kappa shape index (κ3) is 5.10. The molecule has 0 aliphatic rings. The molecule has 0 fully saturated rings. The predicted molar refractivity (Wildman–Crippen MR) is 101 cm³/mol. The molecule has 0 amide bonds. The number of aliphatic hydroxyl groups excluding tert-OH is 1. The maximum absolute atomic E-state index is 12.4. The first kappa shape index (κ1) is 21.2. The third-order valence-electron chi connectivity index (χ3n) is 4.28. The summed E-state index contributed by atoms with van der Waals surface area (Å²) in [6.07, 6.45) is -4.23. The van der Waals surface area contributed by atoms with E-state index in [1.165, 1.54) is 28.9 Å². The van der Waals surface area contributed by atoms with Crippen LogP contribution in [0.5, 0.6) is 11.5 Å². The number of nitrogens with zero attached hydrogens (tertiary/aromatic N) is 3. The van der Waals surface area contributed by atoms with Crippen molar-refractivity contribution >= 4 is 0 Å². The first-order valence-electron chi connectivity index (χ1n) is 8.98. The van der Waals surface area contributed by atoms with E-state index in [2.05, 4.69) is 15.9 Å². The van der Waals surface area contributed by atoms with Gasteiger partial charge in [0, 0.05) is 6.61 Å². The molecule has 2 aromatic carbocycles. The number of nitriles is 1. The van der Waals surface area contributed by atoms with E-state index >= 15 is 0 Å². The molecule has 1 N–H and O–H groups in total. The highest BCUT2D eigenvalue weighted by Crippen LogP contribution is 2.26. The molecular weight excluding hydrogens is 399 g/mol. The molecule has 156 valence electrons. The average molecular weight is 417 g/mol. The number of ether oxygens (including phenoxy) is 2. The lowest BCUT2D eigenvalue weighted by atomic mass is 10.1. The SMILES string of the molecule is Cc1nn(-c2ccc(OC(F)(F)F)cc2)c(COc2ccc(CCO)cc2)c1C#N. The molecule has 0 atom stereocenters. The summed E-state index contributed by atoms with van der Waals surface area (Å²) in [5.41, 5.74) is 2.71. The minimum Gasteiger partial charge on any atom is -0.487 e. The van der Waals surface area contributed by atoms with Gasteiger partial charge in [0.2, 0.25) is 0 Å². The molecular formula is C21H18F3N3O3. The smallest absolute Gasteiger partial charge is 0.487 e. The normalized spacial score (nSPS) is 11.2. The molecule has 0 unspecified atom stereocenters. The summed E-state index contributed by atoms with van der Waals surface area (Å²) in [6, 6.07) is 14.5. The number of halogens is 3. The zero-order valence-electron chi connectivity index (χ0n) is 16.0. The molecule has 0 saturated heterocycles. The highest BCUT2D eigenvalue weighted by Gasteiger charge is 2.31. The molecule has 0 aliphatic heterocycles. The van der Waals surface area contributed by atoms with Gasteiger partial charge in [-0.1, -0.05) is 12.1 Å². The van der Waals surface area contributed by atoms with Gasteiger partial charge in [0.05, 0.1) is 17.1 Å². The minimum absolute atomic E-state index is 0.0316. The van der Waals surface area contributed by atoms with E-state index in [4.69, 9.17) is 9.84 Å². The van der Waals surface area contributed by atoms with Crippen LogP contribution in [0, 0.1) is 18.3 Å². The van der Waals surface area contributed by atoms with Gasteiger partial charge in [-0.15, -0.1) is 13.2 Å². The van der Waals surface area contributed by atoms with Gasteiger partial charge in [0.15, 0.2) is 0 Å². The Morgan fingerprint density at radius 2 is 1.70 bits per heavy atom. The molecule has 9 heteroatoms. The van der Waals surface area contributed by atoms with Crippen LogP contribution >= 0.6 is 0 Å². The Labute approximate surface area is 170 Å². The topological polar surface area (TPSA) is 80.3 Å². The molecule has 0 radical (unpaired) electrons. The number of aryl methyl sites for hydroxylation is 1. The standard InChI is InChI=1S/C21H18F3N3O3/c1-14-19(12-25)20(13-29-17-6-2-15(3-7-17)10-11-28)27(26-14)16-4-8-18(9-5-16)30-21(22,23)24/h2-9,28H,10-11,13H2,1H3. The Bertz CT molecular complexity index is 1040. The quantitative estimate of drug-likeness (QED) is 0.627. The molecule has 1 aromatic heterocycles. The van der Waals surface area contributed by atoms with Gasteiger partial charge in [0.1, 0.15) is 29.7 Å². The van der Waals surface area contributed by atoms with Gasteiger partial charge in [-0.2, -0.15) is 10.4 Å². The van der Waals surface area contributed by atoms with Crippen molar-refractivity contribution in [2.45, 2.75) is 26.3 Å². The molecule has 3 rings (SSSR count). The maximum Gasteiger partial charge on any atom is 0.573 e. The van der Waals surface area contributed by atoms with Crippen LogP contribution in [-0.4, -0.2) is 27.9 Å². The first-order valence-corrected chi connectivity index (χ1v) is 8.98. The molecule has 30 heavy (non-hydrogen) atoms. The Morgan fingerprint density at radius 1 is 1.07 bits per heavy atom. The molecule has 3 aromatic rings. The van der Waals surface area contributed by atoms with Crippen LogP contribution in [0.2, 0.25) is 0 Å². The van der Waals surface area contributed by atoms with Crippen LogP contribution in [0.25, 0.3) is 5.69 Å². The second-order valence-electron chi connectivity index (χ2n) is 6.38. The first-order chi connectivity index (χ1) is 14.3. The van der Waals surface area contributed by atoms with E-state index < -0.39 is 6.36 Å². The summed E-state index contributed by atoms with van der Waals surface area (Å²) in [4.78, 5) is 0. The summed E-state index contributed by atoms with van der Waals surface area (Å²) in [5.74, 6) is 0.219. The van der Waals surface area contributed by atoms with Crippen molar-refractivity contribution in [2.75, 3.05) is 6.61 Å². The Balaban J connectivity index is 1.83. The van der Waals surface area contributed by atoms with Gasteiger partial charge >= 0.3 is 6.36 Å². The zero-order chi connectivity index (χ0) is 21.7. The van der Waals surface area contributed by atoms with Crippen molar-refractivity contribution < 1.29 is 27.8 Å². The number of rotatable bonds is 7. The second-order valence-corrected chi connectivity index (χ2v) is 6.38. The number of hydrogen-bond donors (Lipinski definition) is 1. The van der Waals surface area contributed by atoms with Gasteiger partial charge in [0.25, 0.3) is 0 Å². The van der Waals surface area contributed by atoms with Crippen molar-refractivity contribution in [3.63, 3.8) is 0 Å². The Hall–Kier alpha value is -3.51. The maximum atomic E-state index is 12.4. The van der Waals surface area contributed by atoms with Gasteiger partial charge in [-0.3, -0.25) is 0 Å². The lowest BCUT2D eigenvalue weighted by Gasteiger charge is -2.12. The van der Waals surface area contributed by atoms with Crippen LogP contribution in [0.15, 0.2) is 48.5 Å². The zero-order valence-corrected chi connectivity index (χ0v) is 16.0. The van der Waals surface area contributed by atoms with Gasteiger partial charge in [-0.25, -0.2) is 4.68 Å². The lowest BCUT2D eigenvalue weighted by molar-refractivity contribution is -0.274. The summed E-state index contributed by atoms with van der Waals surface area (Å²) < 4.78 is 48.2. The molecule has 0 aliphatic carbocycles. The minimum atomic E-state index is -4.77. The molecule has 0 spiro atoms. The number of aromatic nitrogens is 2. The Kier molecular flexibility index (Phi) is 6.28. The fraction of sp³-hybridized carbons (Fsp3) is 0.238. The molecule has 0 saturated carbocycles. The molecule has 0 bridgehead atoms. The number of hydrogen-bond acceptors (Lipinski definition) is 5. The van der Waals surface area contributed by atoms with Gasteiger partial charge < -0.3 is 14.6 Å². The highest BCUT2D eigenvalue weighted by atomic mass is 19.4. The van der Waals surface area contributed by atoms with Crippen LogP contribution in [-0.2, 0) is 13.0 Å². The van der Waals surface area contributed by atoms with Crippen LogP contribution in [0.1, 0.15) is 22.5 Å². The number of alkyl halides is 3. The van der Waals surface area contributed by atoms with E-state index in [1.807, 2.05) is 12.1 Å². The van der Waals surface area contributed by atoms with Crippen molar-refractivity contribution in [3.8, 4) is 23.3 Å². The van der Waals surface area contributed by atoms with E-state index in [1.54, 1.807) is 19.1 Å². The van der Waals surface area contributed by atoms with E-state index in [0.717, 1.165) is 5.56 Å². The fourth-order valence-electron chi connectivity index (χ4n) is 2.89. The predicted octanol–water partition coefficient (Wildman–Crippen LogP) is 4.06. The van der Waals surface area contributed by atoms with E-state index in [9.17, 15) is 18.4 Å². The largest absolute Gasteiger partial charge is 0.573 e. The van der Waals surface area contributed by atoms with Crippen molar-refractivity contribution in [3.05, 3.63) is 71.0 Å². The summed E-state index contributed by atoms with van der Waals surface area (Å²) in [6.45, 7) is 1.75. The van der Waals surface area contributed by atoms with Crippen LogP contribution < -0.4 is 9.47 Å². The van der Waals surface area contributed by atoms with Gasteiger partial charge in [-0.05, 0) is 55.3 Å². The monoisotopic (exact) mass is 417 g/mol. The average Bonchev–Trinajstić information content (AvgIpc) is 3.02. The van der Waals surface area contributed by atoms with Crippen molar-refractivity contribution in [1.82, 2.24) is 9.78 Å². The summed E-state index contributed by atoms with van der Waals surface area (Å²) in [7, 11) is 0. The van der Waals surface area contributed by atoms with Crippen LogP contribution in [0.3, 0.4) is 0 Å². The second kappa shape index (κ2) is 8.88. The van der Waals surface area contributed by atoms with E-state index in [-0.39, 0.29) is 19.0 Å². The lowest BCUT2D eigenvalue weighted by Crippen LogP contribution is -2.17. The summed E-state index contributed by atoms with van der Waals surface area (Å²) in [5, 5.41) is 22.8. The van der Waals surface area contributed by atoms with E-state index in [0.29, 0.717) is 34.8 Å². The molecule has 1 heterocycles. The highest BCUT2D eigenvalue weighted by molar-refractivity contribution is 5.45. The van der Waals surface area contributed by atoms with Crippen LogP contribution in [0.4, 0.5) is 13.2 Å². The third-order valence-corrected chi connectivity index (χ3v) is 4.28. The Morgan fingerprint density at radius 3 is 2.27 bits per heavy atom. The van der Waals surface area contributed by atoms with Crippen molar-refractivity contribution in [1.29, 1.82) is 5.26 Å². The van der Waals surface area contributed by atoms with Crippen molar-refractivity contribution in [2.24, 2.45) is 0 Å². The number of aliphatic hydroxyl groups is 1. The molecule has 6 nitrogen and oxygen atoms in total. The fourth-order valence-corrected chi connectivity index (χ4v) is 2.89. The summed E-state index contributed by atoms with van der Waals surface area (Å²) >= 11 is 0.